The van der Waals surface area contributed by atoms with Crippen LogP contribution in [0, 0.1) is 0 Å². The molecule has 0 aromatic carbocycles. The van der Waals surface area contributed by atoms with E-state index in [0.29, 0.717) is 11.6 Å². The Balaban J connectivity index is 3.19. The second kappa shape index (κ2) is 4.01. The maximum Gasteiger partial charge on any atom is 0.178 e. The first-order chi connectivity index (χ1) is 6.00. The first-order valence-electron chi connectivity index (χ1n) is 4.19. The molecule has 0 atom stereocenters. The number of rotatable bonds is 2. The van der Waals surface area contributed by atoms with Gasteiger partial charge in [0.15, 0.2) is 5.78 Å². The number of ketones is 1. The van der Waals surface area contributed by atoms with Gasteiger partial charge >= 0.3 is 0 Å². The standard InChI is InChI=1S/C10H12BrNO/c1-6(2)9-4-8(11)5-10(12-9)7(3)13/h4-6H,1-3H3. The fourth-order valence-electron chi connectivity index (χ4n) is 0.993. The highest BCUT2D eigenvalue weighted by Gasteiger charge is 2.07. The molecule has 0 aliphatic heterocycles. The van der Waals surface area contributed by atoms with Gasteiger partial charge in [-0.15, -0.1) is 0 Å². The van der Waals surface area contributed by atoms with E-state index in [1.54, 1.807) is 6.07 Å². The third-order valence-corrected chi connectivity index (χ3v) is 2.22. The summed E-state index contributed by atoms with van der Waals surface area (Å²) in [6, 6.07) is 3.69. The summed E-state index contributed by atoms with van der Waals surface area (Å²) in [5.41, 5.74) is 1.47. The normalized spacial score (nSPS) is 10.5. The fourth-order valence-corrected chi connectivity index (χ4v) is 1.44. The Labute approximate surface area is 86.5 Å². The molecule has 1 aromatic heterocycles. The van der Waals surface area contributed by atoms with Crippen molar-refractivity contribution in [1.29, 1.82) is 0 Å². The molecule has 2 nitrogen and oxygen atoms in total. The molecule has 0 unspecified atom stereocenters. The average molecular weight is 242 g/mol. The van der Waals surface area contributed by atoms with E-state index in [0.717, 1.165) is 10.2 Å². The Kier molecular flexibility index (Phi) is 3.20. The van der Waals surface area contributed by atoms with Crippen LogP contribution in [0.25, 0.3) is 0 Å². The largest absolute Gasteiger partial charge is 0.293 e. The van der Waals surface area contributed by atoms with Crippen LogP contribution in [0.1, 0.15) is 42.9 Å². The summed E-state index contributed by atoms with van der Waals surface area (Å²) in [4.78, 5) is 15.3. The Morgan fingerprint density at radius 1 is 1.46 bits per heavy atom. The van der Waals surface area contributed by atoms with Crippen LogP contribution >= 0.6 is 15.9 Å². The molecule has 0 aliphatic carbocycles. The molecule has 1 heterocycles. The van der Waals surface area contributed by atoms with E-state index in [-0.39, 0.29) is 5.78 Å². The molecule has 0 aliphatic rings. The molecule has 1 aromatic rings. The van der Waals surface area contributed by atoms with Crippen molar-refractivity contribution < 1.29 is 4.79 Å². The number of pyridine rings is 1. The van der Waals surface area contributed by atoms with Gasteiger partial charge in [-0.3, -0.25) is 4.79 Å². The Bertz CT molecular complexity index is 334. The van der Waals surface area contributed by atoms with Crippen LogP contribution < -0.4 is 0 Å². The van der Waals surface area contributed by atoms with E-state index < -0.39 is 0 Å². The third-order valence-electron chi connectivity index (χ3n) is 1.76. The molecule has 0 saturated carbocycles. The summed E-state index contributed by atoms with van der Waals surface area (Å²) in [7, 11) is 0. The van der Waals surface area contributed by atoms with Crippen molar-refractivity contribution in [1.82, 2.24) is 4.98 Å². The molecule has 0 saturated heterocycles. The lowest BCUT2D eigenvalue weighted by Crippen LogP contribution is -2.01. The second-order valence-corrected chi connectivity index (χ2v) is 4.22. The zero-order valence-electron chi connectivity index (χ0n) is 7.97. The minimum atomic E-state index is 0.00296. The minimum Gasteiger partial charge on any atom is -0.293 e. The lowest BCUT2D eigenvalue weighted by atomic mass is 10.1. The quantitative estimate of drug-likeness (QED) is 0.745. The van der Waals surface area contributed by atoms with E-state index in [1.165, 1.54) is 6.92 Å². The van der Waals surface area contributed by atoms with Gasteiger partial charge in [-0.25, -0.2) is 4.98 Å². The van der Waals surface area contributed by atoms with Gasteiger partial charge in [0.2, 0.25) is 0 Å². The first kappa shape index (κ1) is 10.4. The first-order valence-corrected chi connectivity index (χ1v) is 4.98. The van der Waals surface area contributed by atoms with E-state index in [9.17, 15) is 4.79 Å². The topological polar surface area (TPSA) is 30.0 Å². The van der Waals surface area contributed by atoms with E-state index in [4.69, 9.17) is 0 Å². The monoisotopic (exact) mass is 241 g/mol. The fraction of sp³-hybridized carbons (Fsp3) is 0.400. The van der Waals surface area contributed by atoms with Gasteiger partial charge in [-0.2, -0.15) is 0 Å². The summed E-state index contributed by atoms with van der Waals surface area (Å²) < 4.78 is 0.913. The molecule has 70 valence electrons. The van der Waals surface area contributed by atoms with Crippen LogP contribution in [0.3, 0.4) is 0 Å². The lowest BCUT2D eigenvalue weighted by Gasteiger charge is -2.06. The number of hydrogen-bond acceptors (Lipinski definition) is 2. The number of carbonyl (C=O) groups is 1. The summed E-state index contributed by atoms with van der Waals surface area (Å²) in [5, 5.41) is 0. The molecule has 3 heteroatoms. The van der Waals surface area contributed by atoms with Gasteiger partial charge in [0, 0.05) is 17.1 Å². The molecule has 1 rings (SSSR count). The van der Waals surface area contributed by atoms with Crippen LogP contribution in [0.15, 0.2) is 16.6 Å². The highest BCUT2D eigenvalue weighted by atomic mass is 79.9. The van der Waals surface area contributed by atoms with E-state index >= 15 is 0 Å². The smallest absolute Gasteiger partial charge is 0.178 e. The average Bonchev–Trinajstić information content (AvgIpc) is 2.03. The Morgan fingerprint density at radius 2 is 2.08 bits per heavy atom. The molecule has 13 heavy (non-hydrogen) atoms. The summed E-state index contributed by atoms with van der Waals surface area (Å²) in [6.07, 6.45) is 0. The number of carbonyl (C=O) groups excluding carboxylic acids is 1. The van der Waals surface area contributed by atoms with Gasteiger partial charge in [0.1, 0.15) is 5.69 Å². The molecule has 0 amide bonds. The van der Waals surface area contributed by atoms with Crippen LogP contribution in [-0.2, 0) is 0 Å². The van der Waals surface area contributed by atoms with Gasteiger partial charge in [0.25, 0.3) is 0 Å². The molecule has 0 N–H and O–H groups in total. The maximum absolute atomic E-state index is 11.1. The number of Topliss-reactive ketones (excluding diaryl/α,β-unsaturated/α-hetero) is 1. The molecule has 0 bridgehead atoms. The van der Waals surface area contributed by atoms with Gasteiger partial charge in [-0.1, -0.05) is 29.8 Å². The maximum atomic E-state index is 11.1. The zero-order chi connectivity index (χ0) is 10.0. The van der Waals surface area contributed by atoms with Crippen molar-refractivity contribution in [3.63, 3.8) is 0 Å². The van der Waals surface area contributed by atoms with Crippen molar-refractivity contribution in [2.24, 2.45) is 0 Å². The number of nitrogens with zero attached hydrogens (tertiary/aromatic N) is 1. The zero-order valence-corrected chi connectivity index (χ0v) is 9.55. The van der Waals surface area contributed by atoms with E-state index in [2.05, 4.69) is 34.8 Å². The predicted molar refractivity (Wildman–Crippen MR) is 56.0 cm³/mol. The highest BCUT2D eigenvalue weighted by Crippen LogP contribution is 2.18. The van der Waals surface area contributed by atoms with Crippen LogP contribution in [0.5, 0.6) is 0 Å². The van der Waals surface area contributed by atoms with E-state index in [1.807, 2.05) is 6.07 Å². The van der Waals surface area contributed by atoms with Crippen molar-refractivity contribution in [3.05, 3.63) is 28.0 Å². The van der Waals surface area contributed by atoms with Gasteiger partial charge < -0.3 is 0 Å². The van der Waals surface area contributed by atoms with Crippen molar-refractivity contribution >= 4 is 21.7 Å². The number of aromatic nitrogens is 1. The number of halogens is 1. The van der Waals surface area contributed by atoms with Crippen molar-refractivity contribution in [3.8, 4) is 0 Å². The SMILES string of the molecule is CC(=O)c1cc(Br)cc(C(C)C)n1. The van der Waals surface area contributed by atoms with Gasteiger partial charge in [0.05, 0.1) is 0 Å². The summed E-state index contributed by atoms with van der Waals surface area (Å²) >= 11 is 3.36. The van der Waals surface area contributed by atoms with Crippen LogP contribution in [0.4, 0.5) is 0 Å². The Morgan fingerprint density at radius 3 is 2.54 bits per heavy atom. The minimum absolute atomic E-state index is 0.00296. The Hall–Kier alpha value is -0.700. The molecule has 0 spiro atoms. The predicted octanol–water partition coefficient (Wildman–Crippen LogP) is 3.17. The summed E-state index contributed by atoms with van der Waals surface area (Å²) in [5.74, 6) is 0.346. The van der Waals surface area contributed by atoms with Crippen molar-refractivity contribution in [2.75, 3.05) is 0 Å². The van der Waals surface area contributed by atoms with Crippen molar-refractivity contribution in [2.45, 2.75) is 26.7 Å². The molecular formula is C10H12BrNO. The lowest BCUT2D eigenvalue weighted by molar-refractivity contribution is 0.101. The van der Waals surface area contributed by atoms with Crippen LogP contribution in [0.2, 0.25) is 0 Å². The summed E-state index contributed by atoms with van der Waals surface area (Å²) in [6.45, 7) is 5.64. The molecule has 0 radical (unpaired) electrons. The van der Waals surface area contributed by atoms with Gasteiger partial charge in [-0.05, 0) is 18.1 Å². The molecular weight excluding hydrogens is 230 g/mol. The highest BCUT2D eigenvalue weighted by molar-refractivity contribution is 9.10. The second-order valence-electron chi connectivity index (χ2n) is 3.31. The number of hydrogen-bond donors (Lipinski definition) is 0. The molecule has 0 fully saturated rings. The third kappa shape index (κ3) is 2.62. The van der Waals surface area contributed by atoms with Crippen LogP contribution in [-0.4, -0.2) is 10.8 Å².